The lowest BCUT2D eigenvalue weighted by molar-refractivity contribution is -0.138. The molecule has 0 bridgehead atoms. The van der Waals surface area contributed by atoms with Crippen molar-refractivity contribution in [2.45, 2.75) is 26.1 Å². The van der Waals surface area contributed by atoms with Crippen molar-refractivity contribution < 1.29 is 22.8 Å². The normalized spacial score (nSPS) is 11.0. The van der Waals surface area contributed by atoms with E-state index in [2.05, 4.69) is 16.0 Å². The topological polar surface area (TPSA) is 70.2 Å². The summed E-state index contributed by atoms with van der Waals surface area (Å²) in [5.74, 6) is -0.490. The smallest absolute Gasteiger partial charge is 0.338 e. The predicted molar refractivity (Wildman–Crippen MR) is 96.1 cm³/mol. The number of carbonyl (C=O) groups excluding carboxylic acids is 2. The third-order valence-corrected chi connectivity index (χ3v) is 3.76. The van der Waals surface area contributed by atoms with Crippen molar-refractivity contribution in [3.05, 3.63) is 65.2 Å². The van der Waals surface area contributed by atoms with Crippen LogP contribution in [0.15, 0.2) is 48.5 Å². The number of rotatable bonds is 6. The van der Waals surface area contributed by atoms with E-state index in [0.717, 1.165) is 11.6 Å². The molecule has 2 aromatic carbocycles. The Morgan fingerprint density at radius 1 is 1.00 bits per heavy atom. The number of alkyl halides is 3. The van der Waals surface area contributed by atoms with Crippen molar-refractivity contribution in [3.63, 3.8) is 0 Å². The molecule has 3 amide bonds. The molecular formula is C19H20F3N3O2. The molecule has 27 heavy (non-hydrogen) atoms. The fraction of sp³-hybridized carbons (Fsp3) is 0.263. The van der Waals surface area contributed by atoms with E-state index < -0.39 is 23.7 Å². The number of hydrogen-bond donors (Lipinski definition) is 3. The van der Waals surface area contributed by atoms with Crippen molar-refractivity contribution in [1.82, 2.24) is 10.6 Å². The summed E-state index contributed by atoms with van der Waals surface area (Å²) in [5.41, 5.74) is 0.285. The van der Waals surface area contributed by atoms with Crippen LogP contribution in [0.5, 0.6) is 0 Å². The van der Waals surface area contributed by atoms with Crippen LogP contribution < -0.4 is 16.0 Å². The van der Waals surface area contributed by atoms with Gasteiger partial charge in [0.05, 0.1) is 5.56 Å². The lowest BCUT2D eigenvalue weighted by atomic mass is 10.1. The molecule has 0 aromatic heterocycles. The Balaban J connectivity index is 1.75. The van der Waals surface area contributed by atoms with Crippen molar-refractivity contribution in [3.8, 4) is 0 Å². The molecule has 0 spiro atoms. The molecule has 0 radical (unpaired) electrons. The Morgan fingerprint density at radius 2 is 1.70 bits per heavy atom. The summed E-state index contributed by atoms with van der Waals surface area (Å²) >= 11 is 0. The van der Waals surface area contributed by atoms with Crippen LogP contribution >= 0.6 is 0 Å². The van der Waals surface area contributed by atoms with Crippen molar-refractivity contribution in [1.29, 1.82) is 0 Å². The minimum absolute atomic E-state index is 0.0600. The van der Waals surface area contributed by atoms with Crippen molar-refractivity contribution >= 4 is 17.6 Å². The van der Waals surface area contributed by atoms with Crippen LogP contribution in [0.25, 0.3) is 0 Å². The van der Waals surface area contributed by atoms with Gasteiger partial charge in [0, 0.05) is 25.2 Å². The van der Waals surface area contributed by atoms with E-state index in [0.29, 0.717) is 6.54 Å². The van der Waals surface area contributed by atoms with Gasteiger partial charge in [-0.1, -0.05) is 36.4 Å². The molecule has 0 heterocycles. The Bertz CT molecular complexity index is 793. The van der Waals surface area contributed by atoms with Crippen LogP contribution in [0.3, 0.4) is 0 Å². The van der Waals surface area contributed by atoms with Crippen molar-refractivity contribution in [2.75, 3.05) is 11.9 Å². The number of carbonyl (C=O) groups is 2. The van der Waals surface area contributed by atoms with E-state index in [1.54, 1.807) is 0 Å². The fourth-order valence-corrected chi connectivity index (χ4v) is 2.36. The van der Waals surface area contributed by atoms with Crippen molar-refractivity contribution in [2.24, 2.45) is 0 Å². The minimum Gasteiger partial charge on any atom is -0.338 e. The summed E-state index contributed by atoms with van der Waals surface area (Å²) in [6.07, 6.45) is -4.54. The number of anilines is 1. The van der Waals surface area contributed by atoms with Gasteiger partial charge in [0.1, 0.15) is 0 Å². The number of benzene rings is 2. The highest BCUT2D eigenvalue weighted by Crippen LogP contribution is 2.33. The van der Waals surface area contributed by atoms with Crippen LogP contribution in [-0.2, 0) is 17.5 Å². The second kappa shape index (κ2) is 9.07. The zero-order chi connectivity index (χ0) is 19.9. The Morgan fingerprint density at radius 3 is 2.37 bits per heavy atom. The number of aryl methyl sites for hydroxylation is 1. The van der Waals surface area contributed by atoms with Gasteiger partial charge >= 0.3 is 12.2 Å². The van der Waals surface area contributed by atoms with Crippen LogP contribution in [0.2, 0.25) is 0 Å². The van der Waals surface area contributed by atoms with Crippen LogP contribution in [0, 0.1) is 6.92 Å². The highest BCUT2D eigenvalue weighted by molar-refractivity contribution is 5.91. The molecule has 0 aliphatic rings. The highest BCUT2D eigenvalue weighted by Gasteiger charge is 2.32. The van der Waals surface area contributed by atoms with Gasteiger partial charge in [-0.05, 0) is 30.2 Å². The van der Waals surface area contributed by atoms with Gasteiger partial charge in [-0.25, -0.2) is 4.79 Å². The second-order valence-electron chi connectivity index (χ2n) is 5.92. The summed E-state index contributed by atoms with van der Waals surface area (Å²) < 4.78 is 38.7. The van der Waals surface area contributed by atoms with E-state index in [9.17, 15) is 22.8 Å². The highest BCUT2D eigenvalue weighted by atomic mass is 19.4. The molecule has 0 fully saturated rings. The number of halogens is 3. The van der Waals surface area contributed by atoms with E-state index in [1.165, 1.54) is 19.1 Å². The average molecular weight is 379 g/mol. The summed E-state index contributed by atoms with van der Waals surface area (Å²) in [5, 5.41) is 7.57. The zero-order valence-electron chi connectivity index (χ0n) is 14.7. The summed E-state index contributed by atoms with van der Waals surface area (Å²) in [6, 6.07) is 12.5. The third kappa shape index (κ3) is 6.65. The summed E-state index contributed by atoms with van der Waals surface area (Å²) in [6.45, 7) is 1.76. The minimum atomic E-state index is -4.48. The van der Waals surface area contributed by atoms with Gasteiger partial charge in [-0.2, -0.15) is 13.2 Å². The Labute approximate surface area is 155 Å². The first-order valence-electron chi connectivity index (χ1n) is 8.29. The van der Waals surface area contributed by atoms with E-state index in [-0.39, 0.29) is 24.2 Å². The molecule has 0 saturated heterocycles. The first-order chi connectivity index (χ1) is 12.8. The van der Waals surface area contributed by atoms with Gasteiger partial charge in [-0.15, -0.1) is 0 Å². The molecule has 2 rings (SSSR count). The van der Waals surface area contributed by atoms with Crippen LogP contribution in [0.4, 0.5) is 23.7 Å². The standard InChI is InChI=1S/C19H20F3N3O2/c1-13-7-8-15(11-16(13)19(20,21)22)25-17(26)9-10-23-18(27)24-12-14-5-3-2-4-6-14/h2-8,11H,9-10,12H2,1H3,(H,25,26)(H2,23,24,27). The first-order valence-corrected chi connectivity index (χ1v) is 8.29. The third-order valence-electron chi connectivity index (χ3n) is 3.76. The maximum absolute atomic E-state index is 12.9. The molecule has 0 saturated carbocycles. The van der Waals surface area contributed by atoms with E-state index in [1.807, 2.05) is 30.3 Å². The average Bonchev–Trinajstić information content (AvgIpc) is 2.61. The van der Waals surface area contributed by atoms with Gasteiger partial charge in [-0.3, -0.25) is 4.79 Å². The lowest BCUT2D eigenvalue weighted by Gasteiger charge is -2.13. The number of urea groups is 1. The largest absolute Gasteiger partial charge is 0.416 e. The van der Waals surface area contributed by atoms with Gasteiger partial charge < -0.3 is 16.0 Å². The number of hydrogen-bond acceptors (Lipinski definition) is 2. The molecular weight excluding hydrogens is 359 g/mol. The number of nitrogens with one attached hydrogen (secondary N) is 3. The molecule has 2 aromatic rings. The number of amides is 3. The molecule has 0 aliphatic heterocycles. The maximum Gasteiger partial charge on any atom is 0.416 e. The van der Waals surface area contributed by atoms with Gasteiger partial charge in [0.25, 0.3) is 0 Å². The molecule has 0 atom stereocenters. The maximum atomic E-state index is 12.9. The van der Waals surface area contributed by atoms with E-state index in [4.69, 9.17) is 0 Å². The first kappa shape index (κ1) is 20.3. The summed E-state index contributed by atoms with van der Waals surface area (Å²) in [4.78, 5) is 23.5. The molecule has 5 nitrogen and oxygen atoms in total. The monoisotopic (exact) mass is 379 g/mol. The Kier molecular flexibility index (Phi) is 6.81. The lowest BCUT2D eigenvalue weighted by Crippen LogP contribution is -2.36. The van der Waals surface area contributed by atoms with Gasteiger partial charge in [0.15, 0.2) is 0 Å². The van der Waals surface area contributed by atoms with Crippen LogP contribution in [0.1, 0.15) is 23.1 Å². The fourth-order valence-electron chi connectivity index (χ4n) is 2.36. The van der Waals surface area contributed by atoms with Crippen LogP contribution in [-0.4, -0.2) is 18.5 Å². The zero-order valence-corrected chi connectivity index (χ0v) is 14.7. The molecule has 3 N–H and O–H groups in total. The van der Waals surface area contributed by atoms with Gasteiger partial charge in [0.2, 0.25) is 5.91 Å². The molecule has 0 unspecified atom stereocenters. The molecule has 8 heteroatoms. The SMILES string of the molecule is Cc1ccc(NC(=O)CCNC(=O)NCc2ccccc2)cc1C(F)(F)F. The summed E-state index contributed by atoms with van der Waals surface area (Å²) in [7, 11) is 0. The molecule has 144 valence electrons. The Hall–Kier alpha value is -3.03. The van der Waals surface area contributed by atoms with E-state index >= 15 is 0 Å². The quantitative estimate of drug-likeness (QED) is 0.714. The second-order valence-corrected chi connectivity index (χ2v) is 5.92. The predicted octanol–water partition coefficient (Wildman–Crippen LogP) is 3.84. The molecule has 0 aliphatic carbocycles.